The second kappa shape index (κ2) is 8.86. The standard InChI is InChI=1S/C29H28N2O4/c1-19-28(21-6-3-2-4-7-21)29(33)24-11-10-23(15-26(24)35-19)34-13-12-30-16-20-14-22(18-30)25-8-5-9-27(32)31(25)17-20/h2-11,15,20,22H,12-14,16-18H2,1H3/t20-,22+/m0/s1. The molecule has 0 unspecified atom stereocenters. The third-order valence-electron chi connectivity index (χ3n) is 7.33. The Labute approximate surface area is 203 Å². The molecule has 0 spiro atoms. The number of fused-ring (bicyclic) bond motifs is 5. The second-order valence-corrected chi connectivity index (χ2v) is 9.69. The van der Waals surface area contributed by atoms with Gasteiger partial charge in [0.15, 0.2) is 0 Å². The van der Waals surface area contributed by atoms with Crippen LogP contribution in [0.5, 0.6) is 5.75 Å². The van der Waals surface area contributed by atoms with Crippen LogP contribution < -0.4 is 15.7 Å². The van der Waals surface area contributed by atoms with Crippen molar-refractivity contribution in [1.82, 2.24) is 9.47 Å². The van der Waals surface area contributed by atoms with E-state index in [1.54, 1.807) is 12.1 Å². The molecule has 2 bridgehead atoms. The fraction of sp³-hybridized carbons (Fsp3) is 0.310. The van der Waals surface area contributed by atoms with Crippen LogP contribution in [0.2, 0.25) is 0 Å². The molecule has 2 aromatic carbocycles. The molecule has 2 aliphatic rings. The highest BCUT2D eigenvalue weighted by molar-refractivity contribution is 5.83. The minimum absolute atomic E-state index is 0.0271. The van der Waals surface area contributed by atoms with Gasteiger partial charge in [0.25, 0.3) is 5.56 Å². The number of likely N-dealkylation sites (tertiary alicyclic amines) is 1. The zero-order chi connectivity index (χ0) is 23.9. The van der Waals surface area contributed by atoms with Crippen molar-refractivity contribution >= 4 is 11.0 Å². The Balaban J connectivity index is 1.15. The van der Waals surface area contributed by atoms with Crippen LogP contribution in [0.4, 0.5) is 0 Å². The van der Waals surface area contributed by atoms with Gasteiger partial charge >= 0.3 is 0 Å². The molecule has 4 heterocycles. The molecule has 6 rings (SSSR count). The largest absolute Gasteiger partial charge is 0.492 e. The van der Waals surface area contributed by atoms with E-state index in [-0.39, 0.29) is 11.0 Å². The molecule has 0 aliphatic carbocycles. The van der Waals surface area contributed by atoms with Crippen LogP contribution in [0.3, 0.4) is 0 Å². The maximum absolute atomic E-state index is 13.2. The van der Waals surface area contributed by atoms with Crippen LogP contribution in [0.15, 0.2) is 80.7 Å². The normalized spacial score (nSPS) is 19.5. The molecular weight excluding hydrogens is 440 g/mol. The minimum Gasteiger partial charge on any atom is -0.492 e. The van der Waals surface area contributed by atoms with Crippen LogP contribution in [0.25, 0.3) is 22.1 Å². The number of aromatic nitrogens is 1. The Hall–Kier alpha value is -3.64. The van der Waals surface area contributed by atoms with E-state index in [4.69, 9.17) is 9.15 Å². The van der Waals surface area contributed by atoms with Crippen molar-refractivity contribution in [3.05, 3.63) is 98.8 Å². The lowest BCUT2D eigenvalue weighted by atomic mass is 9.83. The fourth-order valence-electron chi connectivity index (χ4n) is 5.78. The first-order chi connectivity index (χ1) is 17.1. The monoisotopic (exact) mass is 468 g/mol. The number of rotatable bonds is 5. The summed E-state index contributed by atoms with van der Waals surface area (Å²) in [6, 6.07) is 20.7. The molecule has 1 saturated heterocycles. The molecule has 6 heteroatoms. The van der Waals surface area contributed by atoms with E-state index in [1.165, 1.54) is 0 Å². The zero-order valence-electron chi connectivity index (χ0n) is 19.8. The van der Waals surface area contributed by atoms with Gasteiger partial charge in [0, 0.05) is 49.9 Å². The third-order valence-corrected chi connectivity index (χ3v) is 7.33. The zero-order valence-corrected chi connectivity index (χ0v) is 19.8. The maximum Gasteiger partial charge on any atom is 0.250 e. The highest BCUT2D eigenvalue weighted by Gasteiger charge is 2.34. The number of hydrogen-bond acceptors (Lipinski definition) is 5. The summed E-state index contributed by atoms with van der Waals surface area (Å²) in [5, 5.41) is 0.555. The molecule has 6 nitrogen and oxygen atoms in total. The first-order valence-electron chi connectivity index (χ1n) is 12.2. The van der Waals surface area contributed by atoms with Crippen molar-refractivity contribution < 1.29 is 9.15 Å². The highest BCUT2D eigenvalue weighted by Crippen LogP contribution is 2.34. The lowest BCUT2D eigenvalue weighted by molar-refractivity contribution is 0.104. The summed E-state index contributed by atoms with van der Waals surface area (Å²) in [7, 11) is 0. The van der Waals surface area contributed by atoms with Crippen LogP contribution in [0.1, 0.15) is 23.8 Å². The Morgan fingerprint density at radius 3 is 2.69 bits per heavy atom. The van der Waals surface area contributed by atoms with Crippen molar-refractivity contribution in [2.24, 2.45) is 5.92 Å². The number of aryl methyl sites for hydroxylation is 1. The van der Waals surface area contributed by atoms with E-state index in [2.05, 4.69) is 11.0 Å². The predicted molar refractivity (Wildman–Crippen MR) is 136 cm³/mol. The summed E-state index contributed by atoms with van der Waals surface area (Å²) >= 11 is 0. The van der Waals surface area contributed by atoms with Gasteiger partial charge in [-0.15, -0.1) is 0 Å². The molecule has 2 aromatic heterocycles. The van der Waals surface area contributed by atoms with E-state index in [1.807, 2.05) is 60.0 Å². The number of piperidine rings is 1. The molecule has 2 aliphatic heterocycles. The van der Waals surface area contributed by atoms with Crippen LogP contribution in [-0.4, -0.2) is 35.7 Å². The second-order valence-electron chi connectivity index (χ2n) is 9.69. The molecule has 178 valence electrons. The lowest BCUT2D eigenvalue weighted by Crippen LogP contribution is -2.48. The summed E-state index contributed by atoms with van der Waals surface area (Å²) in [5.41, 5.74) is 3.25. The van der Waals surface area contributed by atoms with E-state index in [0.29, 0.717) is 46.5 Å². The van der Waals surface area contributed by atoms with Crippen molar-refractivity contribution in [3.8, 4) is 16.9 Å². The Kier molecular flexibility index (Phi) is 5.53. The number of benzene rings is 2. The third kappa shape index (κ3) is 4.08. The van der Waals surface area contributed by atoms with Crippen LogP contribution in [-0.2, 0) is 6.54 Å². The number of nitrogens with zero attached hydrogens (tertiary/aromatic N) is 2. The number of ether oxygens (including phenoxy) is 1. The molecule has 0 radical (unpaired) electrons. The van der Waals surface area contributed by atoms with Gasteiger partial charge < -0.3 is 13.7 Å². The maximum atomic E-state index is 13.2. The quantitative estimate of drug-likeness (QED) is 0.434. The predicted octanol–water partition coefficient (Wildman–Crippen LogP) is 4.43. The van der Waals surface area contributed by atoms with Gasteiger partial charge in [-0.3, -0.25) is 14.5 Å². The van der Waals surface area contributed by atoms with E-state index < -0.39 is 0 Å². The SMILES string of the molecule is Cc1oc2cc(OCCN3C[C@@H]4C[C@H](C3)c3cccc(=O)n3C4)ccc2c(=O)c1-c1ccccc1. The molecule has 0 saturated carbocycles. The summed E-state index contributed by atoms with van der Waals surface area (Å²) in [6.07, 6.45) is 1.15. The van der Waals surface area contributed by atoms with Crippen molar-refractivity contribution in [1.29, 1.82) is 0 Å². The van der Waals surface area contributed by atoms with Crippen LogP contribution >= 0.6 is 0 Å². The molecule has 4 aromatic rings. The molecular formula is C29H28N2O4. The van der Waals surface area contributed by atoms with Crippen molar-refractivity contribution in [2.75, 3.05) is 26.2 Å². The van der Waals surface area contributed by atoms with Gasteiger partial charge in [-0.2, -0.15) is 0 Å². The Bertz CT molecular complexity index is 1510. The average Bonchev–Trinajstić information content (AvgIpc) is 2.85. The number of pyridine rings is 1. The average molecular weight is 469 g/mol. The van der Waals surface area contributed by atoms with E-state index >= 15 is 0 Å². The summed E-state index contributed by atoms with van der Waals surface area (Å²) < 4.78 is 14.1. The van der Waals surface area contributed by atoms with Crippen molar-refractivity contribution in [3.63, 3.8) is 0 Å². The molecule has 2 atom stereocenters. The molecule has 0 N–H and O–H groups in total. The topological polar surface area (TPSA) is 64.7 Å². The van der Waals surface area contributed by atoms with Gasteiger partial charge in [-0.05, 0) is 43.0 Å². The van der Waals surface area contributed by atoms with Gasteiger partial charge in [-0.25, -0.2) is 0 Å². The van der Waals surface area contributed by atoms with Gasteiger partial charge in [0.1, 0.15) is 23.7 Å². The summed E-state index contributed by atoms with van der Waals surface area (Å²) in [4.78, 5) is 27.8. The molecule has 1 fully saturated rings. The van der Waals surface area contributed by atoms with Gasteiger partial charge in [0.05, 0.1) is 10.9 Å². The van der Waals surface area contributed by atoms with E-state index in [0.717, 1.165) is 43.9 Å². The van der Waals surface area contributed by atoms with E-state index in [9.17, 15) is 9.59 Å². The lowest BCUT2D eigenvalue weighted by Gasteiger charge is -2.42. The Morgan fingerprint density at radius 2 is 1.83 bits per heavy atom. The minimum atomic E-state index is -0.0271. The summed E-state index contributed by atoms with van der Waals surface area (Å²) in [5.74, 6) is 2.19. The first kappa shape index (κ1) is 21.9. The van der Waals surface area contributed by atoms with Gasteiger partial charge in [0.2, 0.25) is 5.43 Å². The number of hydrogen-bond donors (Lipinski definition) is 0. The Morgan fingerprint density at radius 1 is 0.971 bits per heavy atom. The van der Waals surface area contributed by atoms with Gasteiger partial charge in [-0.1, -0.05) is 36.4 Å². The first-order valence-corrected chi connectivity index (χ1v) is 12.2. The summed E-state index contributed by atoms with van der Waals surface area (Å²) in [6.45, 7) is 5.93. The fourth-order valence-corrected chi connectivity index (χ4v) is 5.78. The highest BCUT2D eigenvalue weighted by atomic mass is 16.5. The smallest absolute Gasteiger partial charge is 0.250 e. The molecule has 0 amide bonds. The van der Waals surface area contributed by atoms with Crippen LogP contribution in [0, 0.1) is 12.8 Å². The van der Waals surface area contributed by atoms with Crippen molar-refractivity contribution in [2.45, 2.75) is 25.8 Å². The molecule has 35 heavy (non-hydrogen) atoms.